The first-order valence-corrected chi connectivity index (χ1v) is 24.0. The number of carbonyl (C=O) groups is 4. The number of fused-ring (bicyclic) bond motifs is 2. The van der Waals surface area contributed by atoms with Crippen LogP contribution in [0.25, 0.3) is 22.3 Å². The average molecular weight is 937 g/mol. The maximum absolute atomic E-state index is 14.9. The van der Waals surface area contributed by atoms with Gasteiger partial charge in [0.1, 0.15) is 58.7 Å². The first-order valence-electron chi connectivity index (χ1n) is 22.7. The molecular formula is C47H62ClN7O9S. The fourth-order valence-corrected chi connectivity index (χ4v) is 10.8. The number of likely N-dealkylation sites (tertiary alicyclic amines) is 2. The Balaban J connectivity index is 1.09. The second-order valence-electron chi connectivity index (χ2n) is 19.6. The second kappa shape index (κ2) is 18.9. The van der Waals surface area contributed by atoms with Gasteiger partial charge in [-0.25, -0.2) is 19.6 Å². The van der Waals surface area contributed by atoms with Crippen molar-refractivity contribution in [1.82, 2.24) is 30.4 Å². The Morgan fingerprint density at radius 1 is 1.02 bits per heavy atom. The topological polar surface area (TPSA) is 183 Å². The minimum Gasteiger partial charge on any atom is -0.491 e. The molecule has 0 radical (unpaired) electrons. The van der Waals surface area contributed by atoms with E-state index >= 15 is 0 Å². The molecule has 352 valence electrons. The van der Waals surface area contributed by atoms with Gasteiger partial charge in [0.15, 0.2) is 5.13 Å². The van der Waals surface area contributed by atoms with Crippen molar-refractivity contribution in [1.29, 1.82) is 0 Å². The minimum absolute atomic E-state index is 0.0179. The first-order chi connectivity index (χ1) is 31.0. The number of rotatable bonds is 17. The number of halogens is 1. The highest BCUT2D eigenvalue weighted by Gasteiger charge is 2.62. The zero-order valence-corrected chi connectivity index (χ0v) is 39.9. The van der Waals surface area contributed by atoms with Gasteiger partial charge in [-0.05, 0) is 75.3 Å². The van der Waals surface area contributed by atoms with Crippen LogP contribution in [0.5, 0.6) is 11.5 Å². The lowest BCUT2D eigenvalue weighted by Gasteiger charge is -2.35. The summed E-state index contributed by atoms with van der Waals surface area (Å²) < 4.78 is 29.6. The van der Waals surface area contributed by atoms with Gasteiger partial charge in [0, 0.05) is 62.0 Å². The summed E-state index contributed by atoms with van der Waals surface area (Å²) in [7, 11) is 3.00. The quantitative estimate of drug-likeness (QED) is 0.0993. The van der Waals surface area contributed by atoms with E-state index < -0.39 is 53.0 Å². The molecule has 18 heteroatoms. The van der Waals surface area contributed by atoms with Crippen LogP contribution >= 0.6 is 22.9 Å². The summed E-state index contributed by atoms with van der Waals surface area (Å²) in [6.07, 6.45) is 4.40. The van der Waals surface area contributed by atoms with Gasteiger partial charge >= 0.3 is 12.1 Å². The van der Waals surface area contributed by atoms with Crippen LogP contribution in [0.15, 0.2) is 36.2 Å². The SMILES string of the molecule is C=C[C@@H]1CC1(NC(=O)[C@@H]1C[C@@H](Oc2cc(-c3csc(NC(C)C)n3)nc3c(Cl)c(OCCN4CC[C@@H](OC)C4)ccc23)CN1C(=O)[C@@H](NC(=O)OC1C[C@@H]2C[C@@H]2C1)C(C)(C)C)C(=O)OC. The van der Waals surface area contributed by atoms with Crippen LogP contribution in [0.2, 0.25) is 5.02 Å². The third-order valence-electron chi connectivity index (χ3n) is 13.4. The number of benzene rings is 1. The molecule has 0 bridgehead atoms. The molecule has 8 rings (SSSR count). The zero-order valence-electron chi connectivity index (χ0n) is 38.3. The number of methoxy groups -OCH3 is 2. The molecule has 65 heavy (non-hydrogen) atoms. The zero-order chi connectivity index (χ0) is 46.4. The molecule has 3 aromatic rings. The Labute approximate surface area is 389 Å². The Morgan fingerprint density at radius 3 is 2.45 bits per heavy atom. The number of amides is 3. The van der Waals surface area contributed by atoms with E-state index in [0.29, 0.717) is 70.2 Å². The van der Waals surface area contributed by atoms with Crippen molar-refractivity contribution in [3.05, 3.63) is 41.3 Å². The molecule has 3 aliphatic carbocycles. The van der Waals surface area contributed by atoms with Crippen LogP contribution in [0.1, 0.15) is 73.1 Å². The molecule has 0 spiro atoms. The Morgan fingerprint density at radius 2 is 1.78 bits per heavy atom. The van der Waals surface area contributed by atoms with E-state index in [1.54, 1.807) is 25.3 Å². The number of ether oxygens (including phenoxy) is 5. The molecule has 1 aromatic carbocycles. The van der Waals surface area contributed by atoms with Gasteiger partial charge in [0.05, 0.1) is 31.0 Å². The number of aromatic nitrogens is 2. The molecular weight excluding hydrogens is 874 g/mol. The summed E-state index contributed by atoms with van der Waals surface area (Å²) >= 11 is 8.59. The van der Waals surface area contributed by atoms with Gasteiger partial charge in [0.25, 0.3) is 0 Å². The van der Waals surface area contributed by atoms with E-state index in [9.17, 15) is 19.2 Å². The van der Waals surface area contributed by atoms with E-state index in [1.807, 2.05) is 46.1 Å². The van der Waals surface area contributed by atoms with Gasteiger partial charge < -0.3 is 44.5 Å². The summed E-state index contributed by atoms with van der Waals surface area (Å²) in [4.78, 5) is 69.4. The number of esters is 1. The minimum atomic E-state index is -1.31. The maximum Gasteiger partial charge on any atom is 0.408 e. The van der Waals surface area contributed by atoms with Gasteiger partial charge in [-0.2, -0.15) is 0 Å². The van der Waals surface area contributed by atoms with Crippen LogP contribution in [0, 0.1) is 23.2 Å². The monoisotopic (exact) mass is 935 g/mol. The number of nitrogens with one attached hydrogen (secondary N) is 3. The Bertz CT molecular complexity index is 2290. The maximum atomic E-state index is 14.9. The number of nitrogens with zero attached hydrogens (tertiary/aromatic N) is 4. The van der Waals surface area contributed by atoms with Crippen molar-refractivity contribution in [2.24, 2.45) is 23.2 Å². The highest BCUT2D eigenvalue weighted by atomic mass is 35.5. The third kappa shape index (κ3) is 10.2. The van der Waals surface area contributed by atoms with Crippen LogP contribution < -0.4 is 25.4 Å². The standard InChI is InChI=1S/C47H62ClN7O9S/c1-9-28-21-47(28,43(58)61-8)53-41(56)35-19-31(23-55(35)42(57)40(46(4,5)6)52-45(59)64-30-17-26-16-27(26)18-30)63-37-20-33(34-24-65-44(51-34)49-25(2)3)50-39-32(37)10-11-36(38(39)48)62-15-14-54-13-12-29(22-54)60-7/h9-11,20,24-31,35,40H,1,12-19,21-23H2,2-8H3,(H,49,51)(H,52,59)(H,53,56)/t26-,27+,28-,29-,30?,31-,35+,40-,47?/m1/s1. The normalized spacial score (nSPS) is 27.5. The highest BCUT2D eigenvalue weighted by molar-refractivity contribution is 7.14. The van der Waals surface area contributed by atoms with Crippen molar-refractivity contribution in [2.45, 2.75) is 115 Å². The molecule has 4 heterocycles. The highest BCUT2D eigenvalue weighted by Crippen LogP contribution is 2.52. The number of hydrogen-bond acceptors (Lipinski definition) is 14. The molecule has 2 saturated heterocycles. The Kier molecular flexibility index (Phi) is 13.6. The molecule has 2 unspecified atom stereocenters. The number of alkyl carbamates (subject to hydrolysis) is 1. The van der Waals surface area contributed by atoms with Crippen molar-refractivity contribution in [3.8, 4) is 22.9 Å². The molecule has 3 N–H and O–H groups in total. The summed E-state index contributed by atoms with van der Waals surface area (Å²) in [5.41, 5.74) is -0.552. The molecule has 2 aliphatic heterocycles. The van der Waals surface area contributed by atoms with E-state index in [4.69, 9.17) is 45.3 Å². The summed E-state index contributed by atoms with van der Waals surface area (Å²) in [5.74, 6) is 0.105. The average Bonchev–Trinajstić information content (AvgIpc) is 3.74. The summed E-state index contributed by atoms with van der Waals surface area (Å²) in [6.45, 7) is 16.3. The fraction of sp³-hybridized carbons (Fsp3) is 0.617. The molecule has 2 aromatic heterocycles. The van der Waals surface area contributed by atoms with Crippen LogP contribution in [-0.4, -0.2) is 133 Å². The largest absolute Gasteiger partial charge is 0.491 e. The predicted molar refractivity (Wildman–Crippen MR) is 247 cm³/mol. The lowest BCUT2D eigenvalue weighted by molar-refractivity contribution is -0.148. The van der Waals surface area contributed by atoms with Crippen molar-refractivity contribution >= 4 is 62.8 Å². The van der Waals surface area contributed by atoms with Crippen molar-refractivity contribution < 1.29 is 42.9 Å². The molecule has 3 saturated carbocycles. The van der Waals surface area contributed by atoms with E-state index in [0.717, 1.165) is 37.5 Å². The predicted octanol–water partition coefficient (Wildman–Crippen LogP) is 6.45. The molecule has 9 atom stereocenters. The van der Waals surface area contributed by atoms with Crippen LogP contribution in [0.4, 0.5) is 9.93 Å². The number of pyridine rings is 1. The van der Waals surface area contributed by atoms with Gasteiger partial charge in [-0.1, -0.05) is 38.4 Å². The van der Waals surface area contributed by atoms with Gasteiger partial charge in [0.2, 0.25) is 11.8 Å². The van der Waals surface area contributed by atoms with Crippen LogP contribution in [-0.2, 0) is 28.6 Å². The lowest BCUT2D eigenvalue weighted by Crippen LogP contribution is -2.59. The second-order valence-corrected chi connectivity index (χ2v) is 20.8. The summed E-state index contributed by atoms with van der Waals surface area (Å²) in [5, 5.41) is 12.7. The third-order valence-corrected chi connectivity index (χ3v) is 14.6. The Hall–Kier alpha value is -4.71. The van der Waals surface area contributed by atoms with Gasteiger partial charge in [-0.15, -0.1) is 17.9 Å². The summed E-state index contributed by atoms with van der Waals surface area (Å²) in [6, 6.07) is 3.44. The fourth-order valence-electron chi connectivity index (χ4n) is 9.65. The van der Waals surface area contributed by atoms with E-state index in [2.05, 4.69) is 27.4 Å². The molecule has 5 fully saturated rings. The number of carbonyl (C=O) groups excluding carboxylic acids is 4. The lowest BCUT2D eigenvalue weighted by atomic mass is 9.85. The first kappa shape index (κ1) is 46.8. The number of hydrogen-bond donors (Lipinski definition) is 3. The molecule has 3 amide bonds. The smallest absolute Gasteiger partial charge is 0.408 e. The van der Waals surface area contributed by atoms with E-state index in [-0.39, 0.29) is 37.1 Å². The van der Waals surface area contributed by atoms with E-state index in [1.165, 1.54) is 29.8 Å². The number of anilines is 1. The molecule has 16 nitrogen and oxygen atoms in total. The van der Waals surface area contributed by atoms with Crippen LogP contribution in [0.3, 0.4) is 0 Å². The van der Waals surface area contributed by atoms with Crippen molar-refractivity contribution in [3.63, 3.8) is 0 Å². The molecule has 5 aliphatic rings. The van der Waals surface area contributed by atoms with Gasteiger partial charge in [-0.3, -0.25) is 14.5 Å². The van der Waals surface area contributed by atoms with Crippen molar-refractivity contribution in [2.75, 3.05) is 52.3 Å². The number of thiazole rings is 1.